The van der Waals surface area contributed by atoms with E-state index in [-0.39, 0.29) is 0 Å². The Morgan fingerprint density at radius 2 is 1.92 bits per heavy atom. The lowest BCUT2D eigenvalue weighted by molar-refractivity contribution is 0.287. The molecule has 1 unspecified atom stereocenters. The SMILES string of the molecule is CC(C)CO[PH](=O)c1ccccc1. The van der Waals surface area contributed by atoms with Crippen molar-refractivity contribution in [3.05, 3.63) is 30.3 Å². The quantitative estimate of drug-likeness (QED) is 0.694. The molecule has 0 spiro atoms. The molecule has 3 heteroatoms. The van der Waals surface area contributed by atoms with Crippen LogP contribution in [0.25, 0.3) is 0 Å². The fourth-order valence-electron chi connectivity index (χ4n) is 0.900. The minimum Gasteiger partial charge on any atom is -0.327 e. The maximum absolute atomic E-state index is 11.5. The van der Waals surface area contributed by atoms with Gasteiger partial charge in [0.25, 0.3) is 0 Å². The second kappa shape index (κ2) is 5.21. The van der Waals surface area contributed by atoms with Crippen LogP contribution in [0.1, 0.15) is 13.8 Å². The highest BCUT2D eigenvalue weighted by atomic mass is 31.1. The molecule has 0 aliphatic carbocycles. The van der Waals surface area contributed by atoms with E-state index in [1.807, 2.05) is 44.2 Å². The Bertz CT molecular complexity index is 270. The molecule has 0 heterocycles. The van der Waals surface area contributed by atoms with Gasteiger partial charge in [-0.25, -0.2) is 0 Å². The number of rotatable bonds is 4. The fourth-order valence-corrected chi connectivity index (χ4v) is 2.02. The van der Waals surface area contributed by atoms with Gasteiger partial charge in [-0.1, -0.05) is 32.0 Å². The number of hydrogen-bond acceptors (Lipinski definition) is 2. The average Bonchev–Trinajstić information content (AvgIpc) is 2.15. The lowest BCUT2D eigenvalue weighted by Gasteiger charge is -2.06. The Morgan fingerprint density at radius 1 is 1.31 bits per heavy atom. The monoisotopic (exact) mass is 198 g/mol. The Kier molecular flexibility index (Phi) is 4.20. The molecule has 0 bridgehead atoms. The van der Waals surface area contributed by atoms with Gasteiger partial charge in [0.05, 0.1) is 6.61 Å². The van der Waals surface area contributed by atoms with Crippen LogP contribution in [0.5, 0.6) is 0 Å². The maximum atomic E-state index is 11.5. The van der Waals surface area contributed by atoms with Crippen LogP contribution in [-0.4, -0.2) is 6.61 Å². The van der Waals surface area contributed by atoms with Crippen molar-refractivity contribution in [3.8, 4) is 0 Å². The summed E-state index contributed by atoms with van der Waals surface area (Å²) in [7, 11) is -2.01. The summed E-state index contributed by atoms with van der Waals surface area (Å²) in [5, 5.41) is 0.799. The summed E-state index contributed by atoms with van der Waals surface area (Å²) < 4.78 is 16.7. The second-order valence-electron chi connectivity index (χ2n) is 3.36. The first-order valence-electron chi connectivity index (χ1n) is 4.42. The van der Waals surface area contributed by atoms with Crippen molar-refractivity contribution in [2.45, 2.75) is 13.8 Å². The van der Waals surface area contributed by atoms with E-state index in [0.717, 1.165) is 5.30 Å². The number of hydrogen-bond donors (Lipinski definition) is 0. The van der Waals surface area contributed by atoms with E-state index in [1.165, 1.54) is 0 Å². The summed E-state index contributed by atoms with van der Waals surface area (Å²) >= 11 is 0. The molecule has 1 atom stereocenters. The van der Waals surface area contributed by atoms with E-state index in [9.17, 15) is 4.57 Å². The molecule has 0 aliphatic heterocycles. The highest BCUT2D eigenvalue weighted by molar-refractivity contribution is 7.48. The summed E-state index contributed by atoms with van der Waals surface area (Å²) in [5.41, 5.74) is 0. The van der Waals surface area contributed by atoms with Gasteiger partial charge in [0.15, 0.2) is 0 Å². The number of benzene rings is 1. The van der Waals surface area contributed by atoms with Crippen LogP contribution in [0.2, 0.25) is 0 Å². The van der Waals surface area contributed by atoms with Crippen LogP contribution in [0.15, 0.2) is 30.3 Å². The molecule has 0 saturated heterocycles. The van der Waals surface area contributed by atoms with Crippen molar-refractivity contribution in [2.75, 3.05) is 6.61 Å². The van der Waals surface area contributed by atoms with Gasteiger partial charge in [-0.3, -0.25) is 4.57 Å². The zero-order chi connectivity index (χ0) is 9.68. The molecular formula is C10H15O2P. The van der Waals surface area contributed by atoms with Crippen LogP contribution in [-0.2, 0) is 9.09 Å². The molecule has 72 valence electrons. The molecule has 1 aromatic carbocycles. The average molecular weight is 198 g/mol. The van der Waals surface area contributed by atoms with Gasteiger partial charge in [-0.2, -0.15) is 0 Å². The zero-order valence-electron chi connectivity index (χ0n) is 7.99. The lowest BCUT2D eigenvalue weighted by Crippen LogP contribution is -2.02. The first-order valence-corrected chi connectivity index (χ1v) is 5.74. The summed E-state index contributed by atoms with van der Waals surface area (Å²) in [6.07, 6.45) is 0. The molecule has 0 aliphatic rings. The smallest absolute Gasteiger partial charge is 0.220 e. The summed E-state index contributed by atoms with van der Waals surface area (Å²) in [6, 6.07) is 9.32. The summed E-state index contributed by atoms with van der Waals surface area (Å²) in [5.74, 6) is 0.428. The predicted molar refractivity (Wildman–Crippen MR) is 55.9 cm³/mol. The summed E-state index contributed by atoms with van der Waals surface area (Å²) in [6.45, 7) is 4.65. The molecular weight excluding hydrogens is 183 g/mol. The van der Waals surface area contributed by atoms with E-state index in [1.54, 1.807) is 0 Å². The minimum atomic E-state index is -2.01. The molecule has 0 aromatic heterocycles. The molecule has 13 heavy (non-hydrogen) atoms. The van der Waals surface area contributed by atoms with Crippen molar-refractivity contribution in [2.24, 2.45) is 5.92 Å². The third-order valence-electron chi connectivity index (χ3n) is 1.56. The van der Waals surface area contributed by atoms with Gasteiger partial charge in [0, 0.05) is 5.30 Å². The Balaban J connectivity index is 2.50. The highest BCUT2D eigenvalue weighted by Crippen LogP contribution is 2.21. The van der Waals surface area contributed by atoms with Gasteiger partial charge in [0.1, 0.15) is 0 Å². The van der Waals surface area contributed by atoms with Crippen LogP contribution >= 0.6 is 8.03 Å². The van der Waals surface area contributed by atoms with Crippen LogP contribution < -0.4 is 5.30 Å². The Morgan fingerprint density at radius 3 is 2.46 bits per heavy atom. The van der Waals surface area contributed by atoms with Gasteiger partial charge < -0.3 is 4.52 Å². The highest BCUT2D eigenvalue weighted by Gasteiger charge is 2.03. The molecule has 0 amide bonds. The van der Waals surface area contributed by atoms with Crippen molar-refractivity contribution >= 4 is 13.3 Å². The molecule has 2 nitrogen and oxygen atoms in total. The van der Waals surface area contributed by atoms with Crippen molar-refractivity contribution in [1.29, 1.82) is 0 Å². The minimum absolute atomic E-state index is 0.428. The van der Waals surface area contributed by atoms with E-state index in [2.05, 4.69) is 0 Å². The second-order valence-corrected chi connectivity index (χ2v) is 4.80. The normalized spacial score (nSPS) is 13.2. The lowest BCUT2D eigenvalue weighted by atomic mass is 10.2. The Labute approximate surface area is 79.8 Å². The predicted octanol–water partition coefficient (Wildman–Crippen LogP) is 2.46. The fraction of sp³-hybridized carbons (Fsp3) is 0.400. The van der Waals surface area contributed by atoms with E-state index in [4.69, 9.17) is 4.52 Å². The van der Waals surface area contributed by atoms with Crippen LogP contribution in [0, 0.1) is 5.92 Å². The van der Waals surface area contributed by atoms with E-state index in [0.29, 0.717) is 12.5 Å². The standard InChI is InChI=1S/C10H15O2P/c1-9(2)8-12-13(11)10-6-4-3-5-7-10/h3-7,9,13H,8H2,1-2H3. The van der Waals surface area contributed by atoms with Crippen molar-refractivity contribution in [3.63, 3.8) is 0 Å². The van der Waals surface area contributed by atoms with Crippen LogP contribution in [0.4, 0.5) is 0 Å². The third kappa shape index (κ3) is 3.75. The first-order chi connectivity index (χ1) is 6.20. The maximum Gasteiger partial charge on any atom is 0.220 e. The first kappa shape index (κ1) is 10.5. The van der Waals surface area contributed by atoms with Gasteiger partial charge in [-0.15, -0.1) is 0 Å². The molecule has 0 N–H and O–H groups in total. The largest absolute Gasteiger partial charge is 0.327 e. The third-order valence-corrected chi connectivity index (χ3v) is 2.79. The van der Waals surface area contributed by atoms with Crippen molar-refractivity contribution < 1.29 is 9.09 Å². The van der Waals surface area contributed by atoms with E-state index >= 15 is 0 Å². The molecule has 0 saturated carbocycles. The molecule has 1 aromatic rings. The van der Waals surface area contributed by atoms with Gasteiger partial charge in [0.2, 0.25) is 8.03 Å². The molecule has 1 rings (SSSR count). The Hall–Kier alpha value is -0.590. The van der Waals surface area contributed by atoms with Crippen LogP contribution in [0.3, 0.4) is 0 Å². The van der Waals surface area contributed by atoms with Crippen molar-refractivity contribution in [1.82, 2.24) is 0 Å². The molecule has 0 radical (unpaired) electrons. The van der Waals surface area contributed by atoms with Gasteiger partial charge >= 0.3 is 0 Å². The topological polar surface area (TPSA) is 26.3 Å². The molecule has 0 fully saturated rings. The van der Waals surface area contributed by atoms with Gasteiger partial charge in [-0.05, 0) is 18.1 Å². The summed E-state index contributed by atoms with van der Waals surface area (Å²) in [4.78, 5) is 0. The zero-order valence-corrected chi connectivity index (χ0v) is 8.99. The van der Waals surface area contributed by atoms with E-state index < -0.39 is 8.03 Å².